The van der Waals surface area contributed by atoms with Gasteiger partial charge in [0.15, 0.2) is 0 Å². The minimum atomic E-state index is -0.827. The molecule has 0 aromatic heterocycles. The lowest BCUT2D eigenvalue weighted by atomic mass is 10.1. The molecule has 114 valence electrons. The largest absolute Gasteiger partial charge is 0.492 e. The molecular weight excluding hydrogens is 294 g/mol. The van der Waals surface area contributed by atoms with Gasteiger partial charge in [0.05, 0.1) is 17.5 Å². The Bertz CT molecular complexity index is 520. The Balaban J connectivity index is 1.68. The Morgan fingerprint density at radius 2 is 2.14 bits per heavy atom. The van der Waals surface area contributed by atoms with Crippen LogP contribution in [0.1, 0.15) is 19.3 Å². The van der Waals surface area contributed by atoms with Crippen LogP contribution in [0.4, 0.5) is 0 Å². The summed E-state index contributed by atoms with van der Waals surface area (Å²) in [7, 11) is 0. The summed E-state index contributed by atoms with van der Waals surface area (Å²) in [5, 5.41) is 9.46. The highest BCUT2D eigenvalue weighted by Gasteiger charge is 2.30. The number of para-hydroxylation sites is 1. The van der Waals surface area contributed by atoms with Gasteiger partial charge in [-0.2, -0.15) is 0 Å². The predicted octanol–water partition coefficient (Wildman–Crippen LogP) is 2.43. The van der Waals surface area contributed by atoms with Crippen LogP contribution in [0.25, 0.3) is 0 Å². The number of carbonyl (C=O) groups excluding carboxylic acids is 1. The van der Waals surface area contributed by atoms with Crippen LogP contribution in [-0.4, -0.2) is 41.6 Å². The third kappa shape index (κ3) is 4.36. The summed E-state index contributed by atoms with van der Waals surface area (Å²) >= 11 is 5.96. The maximum atomic E-state index is 11.9. The molecule has 1 aliphatic rings. The van der Waals surface area contributed by atoms with Gasteiger partial charge in [0.1, 0.15) is 5.75 Å². The summed E-state index contributed by atoms with van der Waals surface area (Å²) in [4.78, 5) is 24.4. The number of likely N-dealkylation sites (tertiary alicyclic amines) is 1. The van der Waals surface area contributed by atoms with E-state index in [4.69, 9.17) is 21.4 Å². The van der Waals surface area contributed by atoms with Crippen LogP contribution in [0.5, 0.6) is 5.75 Å². The van der Waals surface area contributed by atoms with Gasteiger partial charge in [-0.3, -0.25) is 9.59 Å². The van der Waals surface area contributed by atoms with Crippen LogP contribution >= 0.6 is 11.6 Å². The van der Waals surface area contributed by atoms with Gasteiger partial charge in [-0.1, -0.05) is 23.7 Å². The first-order chi connectivity index (χ1) is 10.1. The van der Waals surface area contributed by atoms with Crippen molar-refractivity contribution in [1.82, 2.24) is 4.90 Å². The summed E-state index contributed by atoms with van der Waals surface area (Å²) in [5.74, 6) is -0.652. The molecule has 1 fully saturated rings. The number of ether oxygens (including phenoxy) is 1. The van der Waals surface area contributed by atoms with E-state index in [2.05, 4.69) is 0 Å². The van der Waals surface area contributed by atoms with Gasteiger partial charge in [-0.25, -0.2) is 0 Å². The fraction of sp³-hybridized carbons (Fsp3) is 0.467. The van der Waals surface area contributed by atoms with Crippen molar-refractivity contribution in [2.24, 2.45) is 5.92 Å². The molecule has 21 heavy (non-hydrogen) atoms. The number of halogens is 1. The molecule has 0 aliphatic carbocycles. The van der Waals surface area contributed by atoms with Crippen LogP contribution in [0, 0.1) is 5.92 Å². The summed E-state index contributed by atoms with van der Waals surface area (Å²) in [5.41, 5.74) is 0. The van der Waals surface area contributed by atoms with Crippen LogP contribution < -0.4 is 4.74 Å². The van der Waals surface area contributed by atoms with Gasteiger partial charge < -0.3 is 14.7 Å². The van der Waals surface area contributed by atoms with Gasteiger partial charge in [-0.15, -0.1) is 0 Å². The molecule has 1 aliphatic heterocycles. The molecule has 1 atom stereocenters. The summed E-state index contributed by atoms with van der Waals surface area (Å²) in [6, 6.07) is 7.19. The topological polar surface area (TPSA) is 66.8 Å². The molecule has 0 bridgehead atoms. The van der Waals surface area contributed by atoms with Crippen LogP contribution in [0.15, 0.2) is 24.3 Å². The van der Waals surface area contributed by atoms with E-state index in [9.17, 15) is 9.59 Å². The average molecular weight is 312 g/mol. The predicted molar refractivity (Wildman–Crippen MR) is 78.5 cm³/mol. The highest BCUT2D eigenvalue weighted by atomic mass is 35.5. The maximum Gasteiger partial charge on any atom is 0.308 e. The number of nitrogens with zero attached hydrogens (tertiary/aromatic N) is 1. The number of carboxylic acid groups (broad SMARTS) is 1. The van der Waals surface area contributed by atoms with Gasteiger partial charge in [-0.05, 0) is 25.0 Å². The average Bonchev–Trinajstić information content (AvgIpc) is 2.95. The quantitative estimate of drug-likeness (QED) is 0.819. The number of rotatable bonds is 6. The van der Waals surface area contributed by atoms with Crippen molar-refractivity contribution in [3.8, 4) is 5.75 Å². The first-order valence-corrected chi connectivity index (χ1v) is 7.33. The van der Waals surface area contributed by atoms with Crippen molar-refractivity contribution in [2.75, 3.05) is 19.7 Å². The molecule has 1 amide bonds. The Labute approximate surface area is 128 Å². The molecule has 1 aromatic carbocycles. The number of carbonyl (C=O) groups is 2. The fourth-order valence-electron chi connectivity index (χ4n) is 2.31. The molecule has 1 aromatic rings. The van der Waals surface area contributed by atoms with E-state index in [1.165, 1.54) is 0 Å². The fourth-order valence-corrected chi connectivity index (χ4v) is 2.50. The summed E-state index contributed by atoms with van der Waals surface area (Å²) in [6.45, 7) is 1.26. The molecule has 0 spiro atoms. The van der Waals surface area contributed by atoms with Crippen LogP contribution in [0.2, 0.25) is 5.02 Å². The van der Waals surface area contributed by atoms with E-state index < -0.39 is 11.9 Å². The van der Waals surface area contributed by atoms with E-state index >= 15 is 0 Å². The zero-order valence-electron chi connectivity index (χ0n) is 11.6. The molecular formula is C15H18ClNO4. The highest BCUT2D eigenvalue weighted by molar-refractivity contribution is 6.32. The molecule has 1 heterocycles. The lowest BCUT2D eigenvalue weighted by molar-refractivity contribution is -0.141. The first-order valence-electron chi connectivity index (χ1n) is 6.96. The van der Waals surface area contributed by atoms with Crippen LogP contribution in [-0.2, 0) is 9.59 Å². The van der Waals surface area contributed by atoms with Crippen molar-refractivity contribution in [3.63, 3.8) is 0 Å². The number of carboxylic acids is 1. The smallest absolute Gasteiger partial charge is 0.308 e. The molecule has 0 unspecified atom stereocenters. The molecule has 0 saturated carbocycles. The van der Waals surface area contributed by atoms with Crippen molar-refractivity contribution in [1.29, 1.82) is 0 Å². The number of hydrogen-bond acceptors (Lipinski definition) is 3. The molecule has 0 radical (unpaired) electrons. The summed E-state index contributed by atoms with van der Waals surface area (Å²) in [6.07, 6.45) is 1.48. The zero-order chi connectivity index (χ0) is 15.2. The first kappa shape index (κ1) is 15.6. The lowest BCUT2D eigenvalue weighted by Crippen LogP contribution is -2.30. The second-order valence-electron chi connectivity index (χ2n) is 5.05. The monoisotopic (exact) mass is 311 g/mol. The second kappa shape index (κ2) is 7.31. The Morgan fingerprint density at radius 3 is 2.81 bits per heavy atom. The van der Waals surface area contributed by atoms with E-state index in [1.54, 1.807) is 17.0 Å². The SMILES string of the molecule is O=C(O)[C@H]1CCN(C(=O)CCCOc2ccccc2Cl)C1. The Morgan fingerprint density at radius 1 is 1.38 bits per heavy atom. The van der Waals surface area contributed by atoms with Crippen molar-refractivity contribution in [3.05, 3.63) is 29.3 Å². The van der Waals surface area contributed by atoms with Gasteiger partial charge in [0.2, 0.25) is 5.91 Å². The molecule has 1 N–H and O–H groups in total. The lowest BCUT2D eigenvalue weighted by Gasteiger charge is -2.15. The van der Waals surface area contributed by atoms with Gasteiger partial charge in [0.25, 0.3) is 0 Å². The molecule has 2 rings (SSSR count). The Kier molecular flexibility index (Phi) is 5.44. The van der Waals surface area contributed by atoms with Crippen molar-refractivity contribution >= 4 is 23.5 Å². The third-order valence-electron chi connectivity index (χ3n) is 3.52. The molecule has 5 nitrogen and oxygen atoms in total. The Hall–Kier alpha value is -1.75. The number of aliphatic carboxylic acids is 1. The third-order valence-corrected chi connectivity index (χ3v) is 3.83. The van der Waals surface area contributed by atoms with Crippen molar-refractivity contribution < 1.29 is 19.4 Å². The van der Waals surface area contributed by atoms with E-state index in [-0.39, 0.29) is 5.91 Å². The molecule has 6 heteroatoms. The van der Waals surface area contributed by atoms with Crippen LogP contribution in [0.3, 0.4) is 0 Å². The minimum Gasteiger partial charge on any atom is -0.492 e. The number of hydrogen-bond donors (Lipinski definition) is 1. The second-order valence-corrected chi connectivity index (χ2v) is 5.45. The maximum absolute atomic E-state index is 11.9. The molecule has 1 saturated heterocycles. The van der Waals surface area contributed by atoms with Gasteiger partial charge >= 0.3 is 5.97 Å². The standard InChI is InChI=1S/C15H18ClNO4/c16-12-4-1-2-5-13(12)21-9-3-6-14(18)17-8-7-11(10-17)15(19)20/h1-2,4-5,11H,3,6-10H2,(H,19,20)/t11-/m0/s1. The highest BCUT2D eigenvalue weighted by Crippen LogP contribution is 2.23. The normalized spacial score (nSPS) is 17.8. The zero-order valence-corrected chi connectivity index (χ0v) is 12.4. The number of benzene rings is 1. The number of amides is 1. The van der Waals surface area contributed by atoms with Gasteiger partial charge in [0, 0.05) is 19.5 Å². The van der Waals surface area contributed by atoms with Crippen molar-refractivity contribution in [2.45, 2.75) is 19.3 Å². The minimum absolute atomic E-state index is 0.0125. The van der Waals surface area contributed by atoms with E-state index in [0.717, 1.165) is 0 Å². The van der Waals surface area contributed by atoms with E-state index in [1.807, 2.05) is 12.1 Å². The summed E-state index contributed by atoms with van der Waals surface area (Å²) < 4.78 is 5.51. The van der Waals surface area contributed by atoms with E-state index in [0.29, 0.717) is 49.7 Å².